The van der Waals surface area contributed by atoms with Crippen LogP contribution in [0.3, 0.4) is 0 Å². The first kappa shape index (κ1) is 78.2. The number of nitrogens with zero attached hydrogens (tertiary/aromatic N) is 1. The molecule has 0 rings (SSSR count). The van der Waals surface area contributed by atoms with Crippen molar-refractivity contribution >= 4 is 131 Å². The van der Waals surface area contributed by atoms with Gasteiger partial charge in [0.1, 0.15) is 54.4 Å². The Bertz CT molecular complexity index is 2390. The van der Waals surface area contributed by atoms with Crippen molar-refractivity contribution in [3.05, 3.63) is 0 Å². The summed E-state index contributed by atoms with van der Waals surface area (Å²) in [5.74, 6) is -17.5. The number of primary amides is 3. The molecular weight excluding hydrogens is 1200 g/mol. The van der Waals surface area contributed by atoms with Gasteiger partial charge in [0.2, 0.25) is 76.8 Å². The molecule has 0 aliphatic carbocycles. The maximum atomic E-state index is 13.8. The molecule has 27 N–H and O–H groups in total. The van der Waals surface area contributed by atoms with Gasteiger partial charge in [-0.3, -0.25) is 72.1 Å². The predicted octanol–water partition coefficient (Wildman–Crippen LogP) is -10.0. The number of thiol groups is 1. The number of carboxylic acid groups (broad SMARTS) is 2. The van der Waals surface area contributed by atoms with Gasteiger partial charge in [0.05, 0.1) is 38.5 Å². The average molecular weight is 1280 g/mol. The van der Waals surface area contributed by atoms with Gasteiger partial charge in [-0.25, -0.2) is 4.79 Å². The van der Waals surface area contributed by atoms with Crippen LogP contribution in [0.15, 0.2) is 4.99 Å². The number of guanidine groups is 1. The molecule has 0 spiro atoms. The maximum absolute atomic E-state index is 13.8. The van der Waals surface area contributed by atoms with E-state index in [1.165, 1.54) is 23.5 Å². The van der Waals surface area contributed by atoms with Gasteiger partial charge in [-0.1, -0.05) is 0 Å². The number of rotatable bonds is 46. The highest BCUT2D eigenvalue weighted by Gasteiger charge is 2.36. The lowest BCUT2D eigenvalue weighted by molar-refractivity contribution is -0.143. The number of aliphatic hydroxyl groups excluding tert-OH is 1. The van der Waals surface area contributed by atoms with E-state index in [0.717, 1.165) is 0 Å². The number of nitrogens with two attached hydrogens (primary N) is 7. The van der Waals surface area contributed by atoms with Crippen LogP contribution in [0, 0.1) is 0 Å². The lowest BCUT2D eigenvalue weighted by Gasteiger charge is -2.26. The van der Waals surface area contributed by atoms with Gasteiger partial charge in [0.25, 0.3) is 0 Å². The summed E-state index contributed by atoms with van der Waals surface area (Å²) in [6.07, 6.45) is 0.135. The summed E-state index contributed by atoms with van der Waals surface area (Å²) in [5.41, 5.74) is 37.9. The van der Waals surface area contributed by atoms with Crippen LogP contribution in [0.1, 0.15) is 77.0 Å². The summed E-state index contributed by atoms with van der Waals surface area (Å²) < 4.78 is 0. The van der Waals surface area contributed by atoms with Gasteiger partial charge < -0.3 is 109 Å². The number of aliphatic hydroxyl groups is 1. The Morgan fingerprint density at radius 3 is 1.28 bits per heavy atom. The molecule has 39 heteroatoms. The van der Waals surface area contributed by atoms with Crippen LogP contribution in [0.25, 0.3) is 0 Å². The second-order valence-corrected chi connectivity index (χ2v) is 21.2. The molecule has 0 heterocycles. The minimum Gasteiger partial charge on any atom is -0.481 e. The highest BCUT2D eigenvalue weighted by Crippen LogP contribution is 2.09. The molecule has 486 valence electrons. The summed E-state index contributed by atoms with van der Waals surface area (Å²) in [6, 6.07) is -16.1. The van der Waals surface area contributed by atoms with Crippen molar-refractivity contribution in [3.8, 4) is 0 Å². The van der Waals surface area contributed by atoms with Crippen molar-refractivity contribution < 1.29 is 87.2 Å². The molecule has 0 aliphatic rings. The molecule has 10 atom stereocenters. The topological polar surface area (TPSA) is 632 Å². The summed E-state index contributed by atoms with van der Waals surface area (Å²) >= 11 is 6.60. The highest BCUT2D eigenvalue weighted by atomic mass is 32.2. The van der Waals surface area contributed by atoms with Gasteiger partial charge >= 0.3 is 11.9 Å². The zero-order valence-electron chi connectivity index (χ0n) is 47.4. The molecule has 0 aromatic carbocycles. The SMILES string of the molecule is CSCC[C@H](NC(=O)CNC(=O)[C@H](CCC(=O)O)NC(=O)[C@H](CC(N)=O)NC(=O)[C@H](CO)NC(=O)[C@@H](N)CCCN=C(N)N)C(=O)N[C@@H](CC(N)=O)C(=O)N[C@@H](CS)C(=O)N[C@@H](CCSC)C(=O)N[C@@H](CC(N)=O)C(=O)N[C@@H](CCCCN)C(=O)O. The van der Waals surface area contributed by atoms with E-state index in [2.05, 4.69) is 70.8 Å². The third-order valence-electron chi connectivity index (χ3n) is 11.8. The van der Waals surface area contributed by atoms with Crippen molar-refractivity contribution in [2.24, 2.45) is 45.1 Å². The molecule has 0 fully saturated rings. The number of aliphatic imine (C=N–C) groups is 1. The van der Waals surface area contributed by atoms with Crippen molar-refractivity contribution in [1.82, 2.24) is 53.2 Å². The first-order valence-electron chi connectivity index (χ1n) is 26.4. The Morgan fingerprint density at radius 2 is 0.872 bits per heavy atom. The molecule has 0 saturated carbocycles. The first-order valence-corrected chi connectivity index (χ1v) is 29.9. The predicted molar refractivity (Wildman–Crippen MR) is 314 cm³/mol. The number of amides is 13. The largest absolute Gasteiger partial charge is 0.481 e. The van der Waals surface area contributed by atoms with Crippen molar-refractivity contribution in [3.63, 3.8) is 0 Å². The summed E-state index contributed by atoms with van der Waals surface area (Å²) in [6.45, 7) is -1.61. The van der Waals surface area contributed by atoms with E-state index in [9.17, 15) is 87.2 Å². The first-order chi connectivity index (χ1) is 40.4. The fourth-order valence-electron chi connectivity index (χ4n) is 7.29. The Labute approximate surface area is 508 Å². The van der Waals surface area contributed by atoms with E-state index in [-0.39, 0.29) is 62.7 Å². The number of carbonyl (C=O) groups is 15. The Morgan fingerprint density at radius 1 is 0.477 bits per heavy atom. The zero-order valence-corrected chi connectivity index (χ0v) is 50.0. The van der Waals surface area contributed by atoms with Crippen LogP contribution in [-0.2, 0) is 71.9 Å². The summed E-state index contributed by atoms with van der Waals surface area (Å²) in [4.78, 5) is 198. The van der Waals surface area contributed by atoms with E-state index in [4.69, 9.17) is 40.1 Å². The van der Waals surface area contributed by atoms with Crippen LogP contribution in [0.5, 0.6) is 0 Å². The van der Waals surface area contributed by atoms with Crippen LogP contribution >= 0.6 is 36.2 Å². The smallest absolute Gasteiger partial charge is 0.326 e. The lowest BCUT2D eigenvalue weighted by atomic mass is 10.1. The van der Waals surface area contributed by atoms with Crippen LogP contribution in [0.4, 0.5) is 0 Å². The number of carboxylic acids is 2. The van der Waals surface area contributed by atoms with E-state index >= 15 is 0 Å². The fraction of sp³-hybridized carbons (Fsp3) is 0.660. The molecule has 0 saturated heterocycles. The highest BCUT2D eigenvalue weighted by molar-refractivity contribution is 7.98. The summed E-state index contributed by atoms with van der Waals surface area (Å²) in [5, 5.41) is 51.5. The Kier molecular flexibility index (Phi) is 39.1. The van der Waals surface area contributed by atoms with Crippen molar-refractivity contribution in [2.45, 2.75) is 137 Å². The average Bonchev–Trinajstić information content (AvgIpc) is 3.02. The molecule has 0 bridgehead atoms. The van der Waals surface area contributed by atoms with Crippen LogP contribution in [-0.4, -0.2) is 226 Å². The quantitative estimate of drug-likeness (QED) is 0.0116. The number of unbranched alkanes of at least 4 members (excludes halogenated alkanes) is 1. The number of hydrogen-bond donors (Lipinski definition) is 21. The summed E-state index contributed by atoms with van der Waals surface area (Å²) in [7, 11) is 0. The molecule has 0 aliphatic heterocycles. The van der Waals surface area contributed by atoms with Gasteiger partial charge in [0.15, 0.2) is 5.96 Å². The lowest BCUT2D eigenvalue weighted by Crippen LogP contribution is -2.60. The number of aliphatic carboxylic acids is 2. The minimum absolute atomic E-state index is 0.0328. The molecule has 13 amide bonds. The van der Waals surface area contributed by atoms with E-state index < -0.39 is 200 Å². The molecular formula is C47H82N18O18S3. The minimum atomic E-state index is -1.89. The second kappa shape index (κ2) is 43.0. The van der Waals surface area contributed by atoms with Crippen molar-refractivity contribution in [2.75, 3.05) is 56.0 Å². The van der Waals surface area contributed by atoms with E-state index in [0.29, 0.717) is 12.8 Å². The standard InChI is InChI=1S/C47H82N18O18S3/c1-85-14-10-24(57-35(70)19-56-38(74)23(8-9-36(71)72)58-41(77)27(16-32(50)67)63-44(80)30(20-66)64-37(73)22(49)6-5-13-55-47(53)54)39(75)61-29(18-34(52)69)43(79)65-31(21-84)45(81)59-25(11-15-86-2)40(76)62-28(17-33(51)68)42(78)60-26(46(82)83)7-3-4-12-48/h22-31,66,84H,3-21,48-49H2,1-2H3,(H2,50,67)(H2,51,68)(H2,52,69)(H,56,74)(H,57,70)(H,58,77)(H,59,81)(H,60,78)(H,61,75)(H,62,76)(H,63,80)(H,64,73)(H,65,79)(H,71,72)(H,82,83)(H4,53,54,55)/t22-,23-,24-,25-,26-,27-,28-,29-,30-,31-/m0/s1. The third-order valence-corrected chi connectivity index (χ3v) is 13.5. The molecule has 0 aromatic heterocycles. The second-order valence-electron chi connectivity index (χ2n) is 18.9. The Balaban J connectivity index is 6.32. The number of hydrogen-bond acceptors (Lipinski definition) is 22. The van der Waals surface area contributed by atoms with Crippen molar-refractivity contribution in [1.29, 1.82) is 0 Å². The van der Waals surface area contributed by atoms with Gasteiger partial charge in [0, 0.05) is 18.7 Å². The van der Waals surface area contributed by atoms with E-state index in [1.807, 2.05) is 0 Å². The molecule has 0 aromatic rings. The monoisotopic (exact) mass is 1280 g/mol. The normalized spacial score (nSPS) is 14.3. The zero-order chi connectivity index (χ0) is 65.6. The molecule has 36 nitrogen and oxygen atoms in total. The number of carbonyl (C=O) groups excluding carboxylic acids is 13. The van der Waals surface area contributed by atoms with Gasteiger partial charge in [-0.15, -0.1) is 0 Å². The molecule has 86 heavy (non-hydrogen) atoms. The van der Waals surface area contributed by atoms with Crippen LogP contribution in [0.2, 0.25) is 0 Å². The fourth-order valence-corrected chi connectivity index (χ4v) is 8.49. The molecule has 0 radical (unpaired) electrons. The van der Waals surface area contributed by atoms with Crippen LogP contribution < -0.4 is 93.3 Å². The Hall–Kier alpha value is -7.75. The third kappa shape index (κ3) is 33.1. The maximum Gasteiger partial charge on any atom is 0.326 e. The van der Waals surface area contributed by atoms with Gasteiger partial charge in [-0.2, -0.15) is 36.2 Å². The number of thioether (sulfide) groups is 2. The number of nitrogens with one attached hydrogen (secondary N) is 10. The van der Waals surface area contributed by atoms with E-state index in [1.54, 1.807) is 12.5 Å². The van der Waals surface area contributed by atoms with Gasteiger partial charge in [-0.05, 0) is 81.9 Å². The molecule has 0 unspecified atom stereocenters.